The first kappa shape index (κ1) is 19.4. The van der Waals surface area contributed by atoms with Crippen molar-refractivity contribution in [2.45, 2.75) is 58.0 Å². The van der Waals surface area contributed by atoms with Crippen LogP contribution in [0.15, 0.2) is 11.6 Å². The van der Waals surface area contributed by atoms with E-state index in [1.807, 2.05) is 0 Å². The lowest BCUT2D eigenvalue weighted by Crippen LogP contribution is -2.62. The molecular weight excluding hydrogens is 360 g/mol. The molecule has 3 saturated carbocycles. The highest BCUT2D eigenvalue weighted by atomic mass is 16.3. The van der Waals surface area contributed by atoms with E-state index < -0.39 is 23.4 Å². The van der Waals surface area contributed by atoms with Crippen molar-refractivity contribution in [3.8, 4) is 0 Å². The van der Waals surface area contributed by atoms with Crippen molar-refractivity contribution < 1.29 is 29.4 Å². The first-order valence-corrected chi connectivity index (χ1v) is 9.98. The van der Waals surface area contributed by atoms with Gasteiger partial charge in [-0.05, 0) is 42.6 Å². The lowest BCUT2D eigenvalue weighted by molar-refractivity contribution is -0.166. The van der Waals surface area contributed by atoms with Gasteiger partial charge in [-0.15, -0.1) is 0 Å². The topological polar surface area (TPSA) is 128 Å². The van der Waals surface area contributed by atoms with Gasteiger partial charge in [0.2, 0.25) is 11.4 Å². The summed E-state index contributed by atoms with van der Waals surface area (Å²) < 4.78 is 0. The molecule has 28 heavy (non-hydrogen) atoms. The second kappa shape index (κ2) is 6.02. The second-order valence-electron chi connectivity index (χ2n) is 9.44. The van der Waals surface area contributed by atoms with Gasteiger partial charge in [0, 0.05) is 24.2 Å². The Labute approximate surface area is 163 Å². The average molecular weight is 386 g/mol. The fourth-order valence-electron chi connectivity index (χ4n) is 6.92. The van der Waals surface area contributed by atoms with E-state index in [2.05, 4.69) is 11.7 Å². The Balaban J connectivity index is 1.82. The number of aliphatic hydroxyl groups is 2. The summed E-state index contributed by atoms with van der Waals surface area (Å²) >= 11 is 0. The van der Waals surface area contributed by atoms with Gasteiger partial charge >= 0.3 is 5.71 Å². The highest BCUT2D eigenvalue weighted by Gasteiger charge is 2.74. The van der Waals surface area contributed by atoms with E-state index >= 15 is 0 Å². The number of allylic oxidation sites excluding steroid dienone is 1. The Bertz CT molecular complexity index is 872. The van der Waals surface area contributed by atoms with Crippen molar-refractivity contribution in [2.75, 3.05) is 6.61 Å². The van der Waals surface area contributed by atoms with Crippen molar-refractivity contribution in [3.05, 3.63) is 17.2 Å². The van der Waals surface area contributed by atoms with E-state index in [9.17, 15) is 30.1 Å². The number of carbonyl (C=O) groups is 3. The van der Waals surface area contributed by atoms with Crippen LogP contribution >= 0.6 is 0 Å². The van der Waals surface area contributed by atoms with Gasteiger partial charge in [0.1, 0.15) is 12.4 Å². The summed E-state index contributed by atoms with van der Waals surface area (Å²) in [6.07, 6.45) is 4.37. The monoisotopic (exact) mass is 386 g/mol. The third-order valence-electron chi connectivity index (χ3n) is 8.37. The molecule has 4 aliphatic rings. The standard InChI is InChI=1S/C21H26N2O5/c1-19-6-5-12(25)7-11(19)3-4-13-14-8-16(23-22)21(28,17(27)10-24)20(14,2)9-15(26)18(13)19/h7,13-14,18,24,28H,3-6,8-10H2,1-2H3/t13-,14-,18+,19-,20-,21+/m0/s1. The van der Waals surface area contributed by atoms with Crippen LogP contribution in [0.2, 0.25) is 0 Å². The molecule has 0 amide bonds. The summed E-state index contributed by atoms with van der Waals surface area (Å²) in [6, 6.07) is 0. The number of nitrogens with zero attached hydrogens (tertiary/aromatic N) is 2. The predicted molar refractivity (Wildman–Crippen MR) is 98.2 cm³/mol. The molecule has 7 nitrogen and oxygen atoms in total. The number of aliphatic hydroxyl groups excluding tert-OH is 1. The van der Waals surface area contributed by atoms with Gasteiger partial charge < -0.3 is 15.7 Å². The molecule has 0 saturated heterocycles. The van der Waals surface area contributed by atoms with Crippen LogP contribution in [0.4, 0.5) is 0 Å². The molecule has 0 bridgehead atoms. The number of Topliss-reactive ketones (excluding diaryl/α,β-unsaturated/α-hetero) is 2. The molecule has 4 rings (SSSR count). The first-order valence-electron chi connectivity index (χ1n) is 9.98. The Morgan fingerprint density at radius 1 is 1.32 bits per heavy atom. The van der Waals surface area contributed by atoms with E-state index in [0.29, 0.717) is 25.7 Å². The molecule has 0 radical (unpaired) electrons. The molecule has 0 unspecified atom stereocenters. The summed E-state index contributed by atoms with van der Waals surface area (Å²) in [6.45, 7) is 2.88. The summed E-state index contributed by atoms with van der Waals surface area (Å²) in [5.74, 6) is -1.30. The maximum Gasteiger partial charge on any atom is 0.308 e. The van der Waals surface area contributed by atoms with Gasteiger partial charge in [-0.2, -0.15) is 4.79 Å². The molecule has 4 aliphatic carbocycles. The molecule has 6 atom stereocenters. The van der Waals surface area contributed by atoms with Crippen molar-refractivity contribution in [1.29, 1.82) is 0 Å². The Kier molecular flexibility index (Phi) is 4.17. The summed E-state index contributed by atoms with van der Waals surface area (Å²) in [4.78, 5) is 41.1. The summed E-state index contributed by atoms with van der Waals surface area (Å²) in [5, 5.41) is 20.7. The van der Waals surface area contributed by atoms with Crippen molar-refractivity contribution >= 4 is 23.1 Å². The predicted octanol–water partition coefficient (Wildman–Crippen LogP) is 1.27. The number of rotatable bonds is 2. The van der Waals surface area contributed by atoms with Gasteiger partial charge in [0.05, 0.1) is 6.42 Å². The zero-order chi connectivity index (χ0) is 20.5. The van der Waals surface area contributed by atoms with Crippen LogP contribution in [0.5, 0.6) is 0 Å². The minimum absolute atomic E-state index is 0.0170. The SMILES string of the molecule is C[C@]12CCC(=O)C=C1CC[C@@H]1[C@@H]2C(=O)C[C@@]2(C)[C@H]1CC(=[N+]=[N-])[C@@]2(O)C(=O)CO. The van der Waals surface area contributed by atoms with E-state index in [1.54, 1.807) is 13.0 Å². The minimum atomic E-state index is -2.14. The Hall–Kier alpha value is -1.95. The van der Waals surface area contributed by atoms with Gasteiger partial charge in [-0.25, -0.2) is 0 Å². The Morgan fingerprint density at radius 3 is 2.68 bits per heavy atom. The smallest absolute Gasteiger partial charge is 0.308 e. The van der Waals surface area contributed by atoms with E-state index in [0.717, 1.165) is 5.57 Å². The second-order valence-corrected chi connectivity index (χ2v) is 9.44. The van der Waals surface area contributed by atoms with Crippen LogP contribution in [0.25, 0.3) is 5.53 Å². The molecule has 0 aromatic rings. The van der Waals surface area contributed by atoms with Crippen LogP contribution in [-0.4, -0.2) is 50.3 Å². The number of fused-ring (bicyclic) bond motifs is 5. The van der Waals surface area contributed by atoms with Crippen molar-refractivity contribution in [3.63, 3.8) is 0 Å². The van der Waals surface area contributed by atoms with Crippen LogP contribution in [0.1, 0.15) is 52.4 Å². The third kappa shape index (κ3) is 2.15. The molecule has 150 valence electrons. The Morgan fingerprint density at radius 2 is 2.04 bits per heavy atom. The summed E-state index contributed by atoms with van der Waals surface area (Å²) in [7, 11) is 0. The highest BCUT2D eigenvalue weighted by molar-refractivity contribution is 6.14. The largest absolute Gasteiger partial charge is 0.388 e. The zero-order valence-corrected chi connectivity index (χ0v) is 16.3. The lowest BCUT2D eigenvalue weighted by Gasteiger charge is -2.56. The molecule has 0 spiro atoms. The summed E-state index contributed by atoms with van der Waals surface area (Å²) in [5.41, 5.74) is 6.85. The fourth-order valence-corrected chi connectivity index (χ4v) is 6.92. The number of hydrogen-bond acceptors (Lipinski definition) is 5. The van der Waals surface area contributed by atoms with E-state index in [4.69, 9.17) is 0 Å². The maximum absolute atomic E-state index is 13.4. The van der Waals surface area contributed by atoms with Crippen LogP contribution in [0, 0.1) is 28.6 Å². The quantitative estimate of drug-likeness (QED) is 0.545. The third-order valence-corrected chi connectivity index (χ3v) is 8.37. The highest BCUT2D eigenvalue weighted by Crippen LogP contribution is 2.65. The van der Waals surface area contributed by atoms with Gasteiger partial charge in [-0.3, -0.25) is 14.4 Å². The minimum Gasteiger partial charge on any atom is -0.388 e. The molecular formula is C21H26N2O5. The van der Waals surface area contributed by atoms with Gasteiger partial charge in [0.25, 0.3) is 0 Å². The molecule has 2 N–H and O–H groups in total. The van der Waals surface area contributed by atoms with E-state index in [-0.39, 0.29) is 53.3 Å². The van der Waals surface area contributed by atoms with Gasteiger partial charge in [-0.1, -0.05) is 19.4 Å². The van der Waals surface area contributed by atoms with Gasteiger partial charge in [0.15, 0.2) is 5.78 Å². The molecule has 0 aromatic carbocycles. The van der Waals surface area contributed by atoms with E-state index in [1.165, 1.54) is 0 Å². The fraction of sp³-hybridized carbons (Fsp3) is 0.714. The lowest BCUT2D eigenvalue weighted by atomic mass is 9.46. The molecule has 7 heteroatoms. The van der Waals surface area contributed by atoms with Crippen LogP contribution < -0.4 is 0 Å². The van der Waals surface area contributed by atoms with Crippen molar-refractivity contribution in [1.82, 2.24) is 0 Å². The zero-order valence-electron chi connectivity index (χ0n) is 16.3. The molecule has 0 aromatic heterocycles. The number of hydrogen-bond donors (Lipinski definition) is 2. The molecule has 0 aliphatic heterocycles. The normalized spacial score (nSPS) is 44.9. The average Bonchev–Trinajstić information content (AvgIpc) is 2.89. The number of carbonyl (C=O) groups excluding carboxylic acids is 3. The molecule has 0 heterocycles. The van der Waals surface area contributed by atoms with Crippen LogP contribution in [-0.2, 0) is 14.4 Å². The van der Waals surface area contributed by atoms with Crippen LogP contribution in [0.3, 0.4) is 0 Å². The van der Waals surface area contributed by atoms with Crippen molar-refractivity contribution in [2.24, 2.45) is 28.6 Å². The number of ketones is 3. The maximum atomic E-state index is 13.4. The molecule has 3 fully saturated rings. The first-order chi connectivity index (χ1) is 13.1.